The Balaban J connectivity index is 1.72. The summed E-state index contributed by atoms with van der Waals surface area (Å²) in [5.41, 5.74) is 3.91. The molecule has 9 nitrogen and oxygen atoms in total. The number of hydrogen-bond acceptors (Lipinski definition) is 6. The topological polar surface area (TPSA) is 114 Å². The second-order valence-electron chi connectivity index (χ2n) is 9.08. The Labute approximate surface area is 230 Å². The van der Waals surface area contributed by atoms with Gasteiger partial charge in [-0.15, -0.1) is 0 Å². The number of unbranched alkanes of at least 4 members (excludes halogenated alkanes) is 1. The molecule has 1 aliphatic heterocycles. The monoisotopic (exact) mass is 558 g/mol. The maximum atomic E-state index is 13.4. The highest BCUT2D eigenvalue weighted by Crippen LogP contribution is 2.31. The van der Waals surface area contributed by atoms with Crippen molar-refractivity contribution in [1.29, 1.82) is 5.41 Å². The molecule has 3 N–H and O–H groups in total. The molecule has 1 aromatic carbocycles. The van der Waals surface area contributed by atoms with Crippen molar-refractivity contribution in [3.05, 3.63) is 58.5 Å². The predicted octanol–water partition coefficient (Wildman–Crippen LogP) is 3.54. The van der Waals surface area contributed by atoms with Crippen LogP contribution in [0.5, 0.6) is 11.5 Å². The summed E-state index contributed by atoms with van der Waals surface area (Å²) in [7, 11) is 1.54. The van der Waals surface area contributed by atoms with Crippen LogP contribution in [0.4, 0.5) is 13.2 Å². The smallest absolute Gasteiger partial charge is 0.420 e. The Hall–Kier alpha value is -4.35. The molecule has 1 amide bonds. The number of rotatable bonds is 11. The number of halogens is 3. The van der Waals surface area contributed by atoms with Crippen molar-refractivity contribution in [1.82, 2.24) is 15.0 Å². The molecule has 12 heteroatoms. The fourth-order valence-electron chi connectivity index (χ4n) is 3.67. The van der Waals surface area contributed by atoms with Gasteiger partial charge in [0.05, 0.1) is 36.5 Å². The number of methoxy groups -OCH3 is 1. The molecule has 3 rings (SSSR count). The van der Waals surface area contributed by atoms with Crippen LogP contribution < -0.4 is 31.0 Å². The first-order valence-corrected chi connectivity index (χ1v) is 12.7. The predicted molar refractivity (Wildman–Crippen MR) is 149 cm³/mol. The number of allylic oxidation sites excluding steroid dienone is 2. The van der Waals surface area contributed by atoms with Crippen LogP contribution in [0.2, 0.25) is 0 Å². The van der Waals surface area contributed by atoms with Gasteiger partial charge in [0.25, 0.3) is 0 Å². The summed E-state index contributed by atoms with van der Waals surface area (Å²) >= 11 is 0. The minimum atomic E-state index is -4.74. The van der Waals surface area contributed by atoms with E-state index in [1.807, 2.05) is 19.9 Å². The molecule has 0 aliphatic carbocycles. The molecular weight excluding hydrogens is 525 g/mol. The van der Waals surface area contributed by atoms with Gasteiger partial charge in [0.1, 0.15) is 0 Å². The number of carbonyl (C=O) groups excluding carboxylic acids is 1. The van der Waals surface area contributed by atoms with Crippen molar-refractivity contribution < 1.29 is 27.4 Å². The fraction of sp³-hybridized carbons (Fsp3) is 0.357. The number of amides is 1. The van der Waals surface area contributed by atoms with Crippen LogP contribution >= 0.6 is 0 Å². The number of amidine groups is 1. The van der Waals surface area contributed by atoms with Crippen molar-refractivity contribution >= 4 is 35.8 Å². The van der Waals surface area contributed by atoms with Crippen LogP contribution in [0.3, 0.4) is 0 Å². The first-order valence-electron chi connectivity index (χ1n) is 12.7. The van der Waals surface area contributed by atoms with Crippen molar-refractivity contribution in [2.75, 3.05) is 25.7 Å². The van der Waals surface area contributed by atoms with Crippen molar-refractivity contribution in [2.45, 2.75) is 39.8 Å². The molecule has 0 fully saturated rings. The van der Waals surface area contributed by atoms with Crippen LogP contribution in [0.15, 0.2) is 47.1 Å². The summed E-state index contributed by atoms with van der Waals surface area (Å²) < 4.78 is 53.3. The zero-order valence-electron chi connectivity index (χ0n) is 22.8. The SMILES string of the molecule is CC=NC(=N)/C(=C\C=c1/cnc2n1NC(c1ccc(OCCCCNC(=O)C(C)C)c(OC)c1)=CC=2)C(F)(F)F. The number of nitrogens with one attached hydrogen (secondary N) is 3. The van der Waals surface area contributed by atoms with Gasteiger partial charge < -0.3 is 14.8 Å². The number of benzene rings is 1. The summed E-state index contributed by atoms with van der Waals surface area (Å²) in [6.45, 7) is 6.18. The number of fused-ring (bicyclic) bond motifs is 1. The van der Waals surface area contributed by atoms with E-state index in [1.165, 1.54) is 26.3 Å². The minimum absolute atomic E-state index is 0.0265. The van der Waals surface area contributed by atoms with E-state index in [0.717, 1.165) is 30.7 Å². The maximum absolute atomic E-state index is 13.4. The molecule has 40 heavy (non-hydrogen) atoms. The fourth-order valence-corrected chi connectivity index (χ4v) is 3.67. The van der Waals surface area contributed by atoms with Gasteiger partial charge in [-0.05, 0) is 62.3 Å². The van der Waals surface area contributed by atoms with Crippen molar-refractivity contribution in [3.8, 4) is 11.5 Å². The first-order chi connectivity index (χ1) is 19.0. The first kappa shape index (κ1) is 30.2. The Morgan fingerprint density at radius 3 is 2.70 bits per heavy atom. The molecule has 1 aromatic heterocycles. The largest absolute Gasteiger partial charge is 0.493 e. The van der Waals surface area contributed by atoms with Gasteiger partial charge in [-0.1, -0.05) is 13.8 Å². The highest BCUT2D eigenvalue weighted by Gasteiger charge is 2.36. The quantitative estimate of drug-likeness (QED) is 0.222. The van der Waals surface area contributed by atoms with Crippen LogP contribution in [0, 0.1) is 11.3 Å². The minimum Gasteiger partial charge on any atom is -0.493 e. The molecule has 0 radical (unpaired) electrons. The molecule has 0 atom stereocenters. The van der Waals surface area contributed by atoms with Crippen LogP contribution in [0.25, 0.3) is 17.8 Å². The number of aromatic nitrogens is 2. The van der Waals surface area contributed by atoms with Gasteiger partial charge in [-0.3, -0.25) is 15.6 Å². The molecule has 0 saturated heterocycles. The van der Waals surface area contributed by atoms with E-state index in [1.54, 1.807) is 29.0 Å². The van der Waals surface area contributed by atoms with Crippen LogP contribution in [-0.4, -0.2) is 54.1 Å². The number of ether oxygens (including phenoxy) is 2. The molecule has 0 saturated carbocycles. The molecule has 0 spiro atoms. The zero-order valence-corrected chi connectivity index (χ0v) is 22.8. The van der Waals surface area contributed by atoms with Gasteiger partial charge in [-0.2, -0.15) is 13.2 Å². The lowest BCUT2D eigenvalue weighted by Crippen LogP contribution is -2.36. The van der Waals surface area contributed by atoms with Gasteiger partial charge >= 0.3 is 6.18 Å². The maximum Gasteiger partial charge on any atom is 0.420 e. The number of hydrogen-bond donors (Lipinski definition) is 3. The third kappa shape index (κ3) is 7.84. The summed E-state index contributed by atoms with van der Waals surface area (Å²) in [6, 6.07) is 5.41. The number of imidazole rings is 1. The Bertz CT molecular complexity index is 1440. The van der Waals surface area contributed by atoms with E-state index < -0.39 is 17.6 Å². The standard InChI is InChI=1S/C28H33F3N6O3/c1-5-33-26(32)21(28(29,30)31)10-9-20-17-35-25-13-11-22(36-37(20)25)19-8-12-23(24(16-19)39-4)40-15-7-6-14-34-27(38)18(2)3/h5,8-13,16-18,32,36H,6-7,14-15H2,1-4H3,(H,34,38)/b20-9+,21-10+,32-26?,33-5?. The number of alkyl halides is 3. The molecule has 1 aliphatic rings. The summed E-state index contributed by atoms with van der Waals surface area (Å²) in [4.78, 5) is 19.3. The highest BCUT2D eigenvalue weighted by atomic mass is 19.4. The number of aliphatic imine (C=N–C) groups is 1. The lowest BCUT2D eigenvalue weighted by Gasteiger charge is -2.17. The molecule has 0 bridgehead atoms. The third-order valence-corrected chi connectivity index (χ3v) is 5.81. The average molecular weight is 559 g/mol. The van der Waals surface area contributed by atoms with E-state index in [2.05, 4.69) is 20.7 Å². The third-order valence-electron chi connectivity index (χ3n) is 5.81. The van der Waals surface area contributed by atoms with Gasteiger partial charge in [0, 0.05) is 24.2 Å². The molecular formula is C28H33F3N6O3. The summed E-state index contributed by atoms with van der Waals surface area (Å²) in [5, 5.41) is 10.8. The van der Waals surface area contributed by atoms with E-state index in [-0.39, 0.29) is 11.8 Å². The molecule has 214 valence electrons. The Kier molecular flexibility index (Phi) is 10.3. The van der Waals surface area contributed by atoms with Crippen molar-refractivity contribution in [2.24, 2.45) is 10.9 Å². The number of carbonyl (C=O) groups is 1. The zero-order chi connectivity index (χ0) is 29.3. The van der Waals surface area contributed by atoms with Crippen molar-refractivity contribution in [3.63, 3.8) is 0 Å². The molecule has 2 aromatic rings. The summed E-state index contributed by atoms with van der Waals surface area (Å²) in [5.74, 6) is 0.188. The molecule has 2 heterocycles. The number of nitrogens with zero attached hydrogens (tertiary/aromatic N) is 3. The van der Waals surface area contributed by atoms with E-state index >= 15 is 0 Å². The second kappa shape index (κ2) is 13.6. The van der Waals surface area contributed by atoms with E-state index in [4.69, 9.17) is 14.9 Å². The van der Waals surface area contributed by atoms with Gasteiger partial charge in [0.2, 0.25) is 5.91 Å². The average Bonchev–Trinajstić information content (AvgIpc) is 3.32. The Morgan fingerprint density at radius 1 is 1.25 bits per heavy atom. The summed E-state index contributed by atoms with van der Waals surface area (Å²) in [6.07, 6.45) is 4.94. The van der Waals surface area contributed by atoms with Crippen LogP contribution in [0.1, 0.15) is 39.2 Å². The second-order valence-corrected chi connectivity index (χ2v) is 9.08. The van der Waals surface area contributed by atoms with Gasteiger partial charge in [0.15, 0.2) is 22.8 Å². The Morgan fingerprint density at radius 2 is 2.02 bits per heavy atom. The lowest BCUT2D eigenvalue weighted by atomic mass is 10.1. The van der Waals surface area contributed by atoms with Crippen LogP contribution in [-0.2, 0) is 4.79 Å². The van der Waals surface area contributed by atoms with Gasteiger partial charge in [-0.25, -0.2) is 14.7 Å². The van der Waals surface area contributed by atoms with E-state index in [0.29, 0.717) is 41.2 Å². The van der Waals surface area contributed by atoms with E-state index in [9.17, 15) is 18.0 Å². The lowest BCUT2D eigenvalue weighted by molar-refractivity contribution is -0.124. The normalized spacial score (nSPS) is 13.9. The molecule has 0 unspecified atom stereocenters. The highest BCUT2D eigenvalue weighted by molar-refractivity contribution is 6.02.